The molecule has 26 heavy (non-hydrogen) atoms. The Morgan fingerprint density at radius 3 is 3.04 bits per heavy atom. The number of aryl methyl sites for hydroxylation is 1. The second-order valence-electron chi connectivity index (χ2n) is 5.90. The molecule has 0 aromatic carbocycles. The molecule has 0 unspecified atom stereocenters. The molecular formula is C19H17N5OS. The molecule has 3 heterocycles. The van der Waals surface area contributed by atoms with Gasteiger partial charge >= 0.3 is 0 Å². The van der Waals surface area contributed by atoms with Gasteiger partial charge in [0.25, 0.3) is 0 Å². The minimum atomic E-state index is -0.0709. The van der Waals surface area contributed by atoms with Crippen molar-refractivity contribution in [3.8, 4) is 5.82 Å². The number of amides is 1. The number of thiazole rings is 1. The van der Waals surface area contributed by atoms with Crippen LogP contribution in [-0.4, -0.2) is 25.7 Å². The van der Waals surface area contributed by atoms with Crippen LogP contribution in [0.2, 0.25) is 0 Å². The van der Waals surface area contributed by atoms with Crippen LogP contribution in [0, 0.1) is 6.92 Å². The van der Waals surface area contributed by atoms with Gasteiger partial charge in [-0.2, -0.15) is 5.10 Å². The summed E-state index contributed by atoms with van der Waals surface area (Å²) in [7, 11) is 0. The van der Waals surface area contributed by atoms with Crippen LogP contribution in [0.3, 0.4) is 0 Å². The number of hydrogen-bond donors (Lipinski definition) is 1. The fourth-order valence-corrected chi connectivity index (χ4v) is 3.44. The molecule has 0 saturated carbocycles. The van der Waals surface area contributed by atoms with E-state index in [0.29, 0.717) is 13.0 Å². The van der Waals surface area contributed by atoms with Crippen LogP contribution < -0.4 is 5.32 Å². The summed E-state index contributed by atoms with van der Waals surface area (Å²) in [6.45, 7) is 2.37. The van der Waals surface area contributed by atoms with Gasteiger partial charge in [-0.15, -0.1) is 11.3 Å². The summed E-state index contributed by atoms with van der Waals surface area (Å²) in [5, 5.41) is 10.2. The Morgan fingerprint density at radius 2 is 2.27 bits per heavy atom. The summed E-state index contributed by atoms with van der Waals surface area (Å²) >= 11 is 1.61. The first-order valence-corrected chi connectivity index (χ1v) is 9.14. The highest BCUT2D eigenvalue weighted by molar-refractivity contribution is 7.09. The molecule has 0 saturated heterocycles. The fraction of sp³-hybridized carbons (Fsp3) is 0.158. The average Bonchev–Trinajstić information content (AvgIpc) is 3.40. The molecule has 3 aromatic rings. The predicted molar refractivity (Wildman–Crippen MR) is 101 cm³/mol. The molecule has 0 atom stereocenters. The van der Waals surface area contributed by atoms with Crippen molar-refractivity contribution in [2.75, 3.05) is 0 Å². The molecule has 0 radical (unpaired) electrons. The zero-order valence-electron chi connectivity index (χ0n) is 14.2. The van der Waals surface area contributed by atoms with Crippen LogP contribution in [0.25, 0.3) is 11.4 Å². The van der Waals surface area contributed by atoms with Gasteiger partial charge in [0.15, 0.2) is 5.82 Å². The second-order valence-corrected chi connectivity index (χ2v) is 6.97. The van der Waals surface area contributed by atoms with Crippen LogP contribution in [0.15, 0.2) is 59.9 Å². The maximum atomic E-state index is 12.5. The van der Waals surface area contributed by atoms with Crippen LogP contribution in [0.4, 0.5) is 0 Å². The molecule has 0 aliphatic heterocycles. The van der Waals surface area contributed by atoms with Crippen molar-refractivity contribution in [3.05, 3.63) is 76.2 Å². The number of pyridine rings is 1. The van der Waals surface area contributed by atoms with Gasteiger partial charge in [-0.05, 0) is 37.1 Å². The van der Waals surface area contributed by atoms with Crippen LogP contribution in [0.1, 0.15) is 22.7 Å². The molecule has 1 N–H and O–H groups in total. The van der Waals surface area contributed by atoms with Gasteiger partial charge in [-0.3, -0.25) is 4.79 Å². The Hall–Kier alpha value is -3.06. The normalized spacial score (nSPS) is 13.4. The Bertz CT molecular complexity index is 1000. The Labute approximate surface area is 154 Å². The average molecular weight is 363 g/mol. The highest BCUT2D eigenvalue weighted by Crippen LogP contribution is 2.27. The van der Waals surface area contributed by atoms with E-state index in [4.69, 9.17) is 0 Å². The molecule has 6 nitrogen and oxygen atoms in total. The lowest BCUT2D eigenvalue weighted by atomic mass is 10.2. The van der Waals surface area contributed by atoms with Gasteiger partial charge in [0, 0.05) is 41.7 Å². The number of hydrogen-bond acceptors (Lipinski definition) is 5. The first kappa shape index (κ1) is 16.4. The monoisotopic (exact) mass is 363 g/mol. The molecule has 1 aliphatic rings. The van der Waals surface area contributed by atoms with Crippen molar-refractivity contribution in [1.29, 1.82) is 0 Å². The summed E-state index contributed by atoms with van der Waals surface area (Å²) in [6, 6.07) is 5.64. The van der Waals surface area contributed by atoms with Crippen LogP contribution in [-0.2, 0) is 11.3 Å². The topological polar surface area (TPSA) is 72.7 Å². The maximum Gasteiger partial charge on any atom is 0.247 e. The standard InChI is InChI=1S/C19H17N5OS/c1-13-23-17(12-26-13)14-5-6-15(10-14)19(25)21-11-16-4-2-7-20-18(16)24-9-3-8-22-24/h2-5,7-10,12H,6,11H2,1H3,(H,21,25). The first-order valence-electron chi connectivity index (χ1n) is 8.26. The number of nitrogens with one attached hydrogen (secondary N) is 1. The highest BCUT2D eigenvalue weighted by atomic mass is 32.1. The molecule has 3 aromatic heterocycles. The Morgan fingerprint density at radius 1 is 1.35 bits per heavy atom. The number of carbonyl (C=O) groups is 1. The fourth-order valence-electron chi connectivity index (χ4n) is 2.82. The number of rotatable bonds is 5. The maximum absolute atomic E-state index is 12.5. The molecule has 4 rings (SSSR count). The third-order valence-corrected chi connectivity index (χ3v) is 4.88. The SMILES string of the molecule is Cc1nc(C2=CCC(C(=O)NCc3cccnc3-n3cccn3)=C2)cs1. The van der Waals surface area contributed by atoms with Crippen molar-refractivity contribution >= 4 is 22.8 Å². The minimum absolute atomic E-state index is 0.0709. The lowest BCUT2D eigenvalue weighted by Gasteiger charge is -2.10. The summed E-state index contributed by atoms with van der Waals surface area (Å²) in [4.78, 5) is 21.4. The van der Waals surface area contributed by atoms with Gasteiger partial charge in [-0.25, -0.2) is 14.6 Å². The Balaban J connectivity index is 1.44. The summed E-state index contributed by atoms with van der Waals surface area (Å²) in [5.74, 6) is 0.647. The zero-order chi connectivity index (χ0) is 17.9. The third-order valence-electron chi connectivity index (χ3n) is 4.11. The highest BCUT2D eigenvalue weighted by Gasteiger charge is 2.17. The van der Waals surface area contributed by atoms with Gasteiger partial charge in [0.2, 0.25) is 5.91 Å². The smallest absolute Gasteiger partial charge is 0.247 e. The van der Waals surface area contributed by atoms with E-state index in [-0.39, 0.29) is 5.91 Å². The van der Waals surface area contributed by atoms with Crippen LogP contribution in [0.5, 0.6) is 0 Å². The number of carbonyl (C=O) groups excluding carboxylic acids is 1. The van der Waals surface area contributed by atoms with E-state index in [0.717, 1.165) is 33.2 Å². The van der Waals surface area contributed by atoms with Crippen molar-refractivity contribution in [2.24, 2.45) is 0 Å². The van der Waals surface area contributed by atoms with Crippen molar-refractivity contribution < 1.29 is 4.79 Å². The predicted octanol–water partition coefficient (Wildman–Crippen LogP) is 3.06. The largest absolute Gasteiger partial charge is 0.348 e. The molecule has 130 valence electrons. The summed E-state index contributed by atoms with van der Waals surface area (Å²) in [5.41, 5.74) is 3.60. The summed E-state index contributed by atoms with van der Waals surface area (Å²) < 4.78 is 1.69. The quantitative estimate of drug-likeness (QED) is 0.756. The molecule has 0 spiro atoms. The van der Waals surface area contributed by atoms with E-state index in [1.54, 1.807) is 28.4 Å². The summed E-state index contributed by atoms with van der Waals surface area (Å²) in [6.07, 6.45) is 9.84. The van der Waals surface area contributed by atoms with Gasteiger partial charge in [0.05, 0.1) is 10.7 Å². The van der Waals surface area contributed by atoms with E-state index in [9.17, 15) is 4.79 Å². The molecule has 1 amide bonds. The number of nitrogens with zero attached hydrogens (tertiary/aromatic N) is 4. The lowest BCUT2D eigenvalue weighted by molar-refractivity contribution is -0.117. The second kappa shape index (κ2) is 7.05. The third kappa shape index (κ3) is 3.34. The van der Waals surface area contributed by atoms with Crippen molar-refractivity contribution in [3.63, 3.8) is 0 Å². The van der Waals surface area contributed by atoms with Gasteiger partial charge in [-0.1, -0.05) is 12.1 Å². The van der Waals surface area contributed by atoms with E-state index in [1.165, 1.54) is 0 Å². The molecule has 0 bridgehead atoms. The number of aromatic nitrogens is 4. The molecule has 0 fully saturated rings. The van der Waals surface area contributed by atoms with E-state index in [1.807, 2.05) is 48.9 Å². The van der Waals surface area contributed by atoms with Crippen molar-refractivity contribution in [1.82, 2.24) is 25.1 Å². The molecule has 7 heteroatoms. The van der Waals surface area contributed by atoms with Crippen molar-refractivity contribution in [2.45, 2.75) is 19.9 Å². The van der Waals surface area contributed by atoms with Crippen LogP contribution >= 0.6 is 11.3 Å². The van der Waals surface area contributed by atoms with E-state index >= 15 is 0 Å². The minimum Gasteiger partial charge on any atom is -0.348 e. The van der Waals surface area contributed by atoms with Gasteiger partial charge in [0.1, 0.15) is 0 Å². The molecular weight excluding hydrogens is 346 g/mol. The van der Waals surface area contributed by atoms with E-state index < -0.39 is 0 Å². The lowest BCUT2D eigenvalue weighted by Crippen LogP contribution is -2.24. The molecule has 1 aliphatic carbocycles. The van der Waals surface area contributed by atoms with E-state index in [2.05, 4.69) is 20.4 Å². The number of allylic oxidation sites excluding steroid dienone is 3. The Kier molecular flexibility index (Phi) is 4.45. The zero-order valence-corrected chi connectivity index (χ0v) is 15.0. The van der Waals surface area contributed by atoms with Gasteiger partial charge < -0.3 is 5.32 Å². The first-order chi connectivity index (χ1) is 12.7.